The summed E-state index contributed by atoms with van der Waals surface area (Å²) in [5, 5.41) is 3.39. The van der Waals surface area contributed by atoms with Crippen molar-refractivity contribution in [3.8, 4) is 0 Å². The molecule has 2 unspecified atom stereocenters. The van der Waals surface area contributed by atoms with Gasteiger partial charge in [-0.15, -0.1) is 0 Å². The highest BCUT2D eigenvalue weighted by Gasteiger charge is 2.32. The summed E-state index contributed by atoms with van der Waals surface area (Å²) >= 11 is 1.95. The number of carbonyl (C=O) groups excluding carboxylic acids is 1. The molecule has 0 bridgehead atoms. The predicted octanol–water partition coefficient (Wildman–Crippen LogP) is 2.55. The zero-order valence-corrected chi connectivity index (χ0v) is 12.1. The molecular weight excluding hydrogens is 256 g/mol. The topological polar surface area (TPSA) is 32.3 Å². The van der Waals surface area contributed by atoms with E-state index in [1.54, 1.807) is 0 Å². The summed E-state index contributed by atoms with van der Waals surface area (Å²) in [5.74, 6) is 2.51. The molecule has 19 heavy (non-hydrogen) atoms. The molecule has 0 aliphatic carbocycles. The van der Waals surface area contributed by atoms with Crippen LogP contribution in [0.15, 0.2) is 24.3 Å². The van der Waals surface area contributed by atoms with E-state index in [1.165, 1.54) is 5.56 Å². The van der Waals surface area contributed by atoms with Crippen LogP contribution in [-0.2, 0) is 4.79 Å². The number of nitrogens with one attached hydrogen (secondary N) is 1. The molecule has 0 aromatic heterocycles. The van der Waals surface area contributed by atoms with Crippen LogP contribution < -0.4 is 5.32 Å². The number of para-hydroxylation sites is 1. The Labute approximate surface area is 118 Å². The second kappa shape index (κ2) is 5.45. The Kier molecular flexibility index (Phi) is 3.69. The fourth-order valence-electron chi connectivity index (χ4n) is 2.98. The van der Waals surface area contributed by atoms with Gasteiger partial charge in [0, 0.05) is 36.3 Å². The van der Waals surface area contributed by atoms with E-state index >= 15 is 0 Å². The van der Waals surface area contributed by atoms with E-state index in [-0.39, 0.29) is 5.92 Å². The molecule has 102 valence electrons. The Hall–Kier alpha value is -1.16. The van der Waals surface area contributed by atoms with Gasteiger partial charge in [-0.3, -0.25) is 4.79 Å². The standard InChI is InChI=1S/C15H20N2OS/c1-11-10-19-9-8-17(11)15(18)13-6-7-16-14-5-3-2-4-12(13)14/h2-5,11,13,16H,6-10H2,1H3. The number of carbonyl (C=O) groups is 1. The van der Waals surface area contributed by atoms with Gasteiger partial charge in [-0.2, -0.15) is 11.8 Å². The van der Waals surface area contributed by atoms with Gasteiger partial charge in [0.2, 0.25) is 5.91 Å². The summed E-state index contributed by atoms with van der Waals surface area (Å²) in [7, 11) is 0. The summed E-state index contributed by atoms with van der Waals surface area (Å²) in [6.07, 6.45) is 0.909. The van der Waals surface area contributed by atoms with Crippen LogP contribution in [0.5, 0.6) is 0 Å². The summed E-state index contributed by atoms with van der Waals surface area (Å²) in [5.41, 5.74) is 2.30. The lowest BCUT2D eigenvalue weighted by Crippen LogP contribution is -2.47. The molecule has 1 aromatic carbocycles. The van der Waals surface area contributed by atoms with Crippen molar-refractivity contribution in [2.24, 2.45) is 0 Å². The summed E-state index contributed by atoms with van der Waals surface area (Å²) in [6.45, 7) is 3.96. The first-order valence-corrected chi connectivity index (χ1v) is 8.14. The van der Waals surface area contributed by atoms with Crippen LogP contribution in [0, 0.1) is 0 Å². The van der Waals surface area contributed by atoms with Gasteiger partial charge in [-0.05, 0) is 25.0 Å². The molecule has 0 spiro atoms. The third kappa shape index (κ3) is 2.46. The molecule has 4 heteroatoms. The third-order valence-electron chi connectivity index (χ3n) is 4.03. The minimum atomic E-state index is 0.0444. The van der Waals surface area contributed by atoms with Crippen molar-refractivity contribution >= 4 is 23.4 Å². The van der Waals surface area contributed by atoms with E-state index in [0.29, 0.717) is 11.9 Å². The zero-order valence-electron chi connectivity index (χ0n) is 11.3. The Balaban J connectivity index is 1.84. The van der Waals surface area contributed by atoms with Gasteiger partial charge in [0.1, 0.15) is 0 Å². The first-order chi connectivity index (χ1) is 9.27. The normalized spacial score (nSPS) is 26.5. The van der Waals surface area contributed by atoms with Crippen molar-refractivity contribution in [3.63, 3.8) is 0 Å². The van der Waals surface area contributed by atoms with E-state index in [2.05, 4.69) is 29.3 Å². The molecule has 1 amide bonds. The number of hydrogen-bond acceptors (Lipinski definition) is 3. The zero-order chi connectivity index (χ0) is 13.2. The molecule has 3 rings (SSSR count). The highest BCUT2D eigenvalue weighted by Crippen LogP contribution is 2.33. The molecule has 2 aliphatic rings. The number of nitrogens with zero attached hydrogens (tertiary/aromatic N) is 1. The number of fused-ring (bicyclic) bond motifs is 1. The molecule has 1 N–H and O–H groups in total. The van der Waals surface area contributed by atoms with Crippen molar-refractivity contribution in [3.05, 3.63) is 29.8 Å². The molecule has 3 nitrogen and oxygen atoms in total. The largest absolute Gasteiger partial charge is 0.385 e. The molecule has 1 aromatic rings. The molecule has 2 aliphatic heterocycles. The Bertz CT molecular complexity index is 477. The Morgan fingerprint density at radius 3 is 3.11 bits per heavy atom. The molecule has 0 radical (unpaired) electrons. The molecule has 1 fully saturated rings. The minimum Gasteiger partial charge on any atom is -0.385 e. The van der Waals surface area contributed by atoms with Crippen molar-refractivity contribution < 1.29 is 4.79 Å². The van der Waals surface area contributed by atoms with Crippen LogP contribution in [0.4, 0.5) is 5.69 Å². The van der Waals surface area contributed by atoms with E-state index < -0.39 is 0 Å². The Morgan fingerprint density at radius 1 is 1.42 bits per heavy atom. The van der Waals surface area contributed by atoms with Gasteiger partial charge in [-0.1, -0.05) is 18.2 Å². The number of thioether (sulfide) groups is 1. The van der Waals surface area contributed by atoms with Crippen LogP contribution in [0.1, 0.15) is 24.8 Å². The quantitative estimate of drug-likeness (QED) is 0.855. The highest BCUT2D eigenvalue weighted by atomic mass is 32.2. The van der Waals surface area contributed by atoms with E-state index in [1.807, 2.05) is 23.9 Å². The van der Waals surface area contributed by atoms with Crippen molar-refractivity contribution in [1.29, 1.82) is 0 Å². The first kappa shape index (κ1) is 12.9. The van der Waals surface area contributed by atoms with Crippen LogP contribution >= 0.6 is 11.8 Å². The molecule has 2 heterocycles. The molecule has 1 saturated heterocycles. The van der Waals surface area contributed by atoms with Crippen LogP contribution in [0.2, 0.25) is 0 Å². The van der Waals surface area contributed by atoms with E-state index in [0.717, 1.165) is 36.7 Å². The smallest absolute Gasteiger partial charge is 0.230 e. The number of anilines is 1. The molecular formula is C15H20N2OS. The predicted molar refractivity (Wildman–Crippen MR) is 80.8 cm³/mol. The van der Waals surface area contributed by atoms with Gasteiger partial charge in [0.05, 0.1) is 5.92 Å². The molecule has 2 atom stereocenters. The SMILES string of the molecule is CC1CSCCN1C(=O)C1CCNc2ccccc21. The number of amides is 1. The van der Waals surface area contributed by atoms with Gasteiger partial charge >= 0.3 is 0 Å². The lowest BCUT2D eigenvalue weighted by Gasteiger charge is -2.37. The van der Waals surface area contributed by atoms with Crippen molar-refractivity contribution in [2.45, 2.75) is 25.3 Å². The van der Waals surface area contributed by atoms with Gasteiger partial charge in [-0.25, -0.2) is 0 Å². The second-order valence-electron chi connectivity index (χ2n) is 5.31. The summed E-state index contributed by atoms with van der Waals surface area (Å²) < 4.78 is 0. The number of benzene rings is 1. The van der Waals surface area contributed by atoms with Crippen LogP contribution in [-0.4, -0.2) is 41.4 Å². The monoisotopic (exact) mass is 276 g/mol. The minimum absolute atomic E-state index is 0.0444. The first-order valence-electron chi connectivity index (χ1n) is 6.98. The molecule has 0 saturated carbocycles. The maximum atomic E-state index is 12.8. The summed E-state index contributed by atoms with van der Waals surface area (Å²) in [4.78, 5) is 14.9. The van der Waals surface area contributed by atoms with Crippen molar-refractivity contribution in [1.82, 2.24) is 4.90 Å². The van der Waals surface area contributed by atoms with Gasteiger partial charge < -0.3 is 10.2 Å². The third-order valence-corrected chi connectivity index (χ3v) is 5.22. The fourth-order valence-corrected chi connectivity index (χ4v) is 3.99. The highest BCUT2D eigenvalue weighted by molar-refractivity contribution is 7.99. The lowest BCUT2D eigenvalue weighted by atomic mass is 9.89. The lowest BCUT2D eigenvalue weighted by molar-refractivity contribution is -0.134. The number of hydrogen-bond donors (Lipinski definition) is 1. The number of rotatable bonds is 1. The van der Waals surface area contributed by atoms with Crippen molar-refractivity contribution in [2.75, 3.05) is 29.9 Å². The van der Waals surface area contributed by atoms with Gasteiger partial charge in [0.15, 0.2) is 0 Å². The average Bonchev–Trinajstić information content (AvgIpc) is 2.46. The van der Waals surface area contributed by atoms with E-state index in [9.17, 15) is 4.79 Å². The summed E-state index contributed by atoms with van der Waals surface area (Å²) in [6, 6.07) is 8.59. The van der Waals surface area contributed by atoms with E-state index in [4.69, 9.17) is 0 Å². The van der Waals surface area contributed by atoms with Crippen LogP contribution in [0.3, 0.4) is 0 Å². The maximum absolute atomic E-state index is 12.8. The maximum Gasteiger partial charge on any atom is 0.230 e. The Morgan fingerprint density at radius 2 is 2.26 bits per heavy atom. The average molecular weight is 276 g/mol. The van der Waals surface area contributed by atoms with Gasteiger partial charge in [0.25, 0.3) is 0 Å². The van der Waals surface area contributed by atoms with Crippen LogP contribution in [0.25, 0.3) is 0 Å². The second-order valence-corrected chi connectivity index (χ2v) is 6.46. The fraction of sp³-hybridized carbons (Fsp3) is 0.533.